The van der Waals surface area contributed by atoms with E-state index in [1.54, 1.807) is 0 Å². The predicted molar refractivity (Wildman–Crippen MR) is 104 cm³/mol. The molecule has 1 fully saturated rings. The molecule has 1 amide bonds. The molecule has 25 heavy (non-hydrogen) atoms. The van der Waals surface area contributed by atoms with E-state index >= 15 is 0 Å². The summed E-state index contributed by atoms with van der Waals surface area (Å²) in [5.41, 5.74) is 5.55. The van der Waals surface area contributed by atoms with Crippen LogP contribution in [0.25, 0.3) is 0 Å². The summed E-state index contributed by atoms with van der Waals surface area (Å²) in [5.74, 6) is 0.0323. The minimum absolute atomic E-state index is 0.0323. The van der Waals surface area contributed by atoms with Gasteiger partial charge in [0.25, 0.3) is 0 Å². The molecular weight excluding hydrogens is 310 g/mol. The third-order valence-corrected chi connectivity index (χ3v) is 4.96. The van der Waals surface area contributed by atoms with E-state index in [4.69, 9.17) is 0 Å². The quantitative estimate of drug-likeness (QED) is 0.930. The van der Waals surface area contributed by atoms with Crippen LogP contribution in [0.15, 0.2) is 42.5 Å². The first-order valence-corrected chi connectivity index (χ1v) is 8.91. The van der Waals surface area contributed by atoms with E-state index in [0.29, 0.717) is 6.42 Å². The van der Waals surface area contributed by atoms with Gasteiger partial charge in [0, 0.05) is 26.2 Å². The number of para-hydroxylation sites is 2. The monoisotopic (exact) mass is 337 g/mol. The third-order valence-electron chi connectivity index (χ3n) is 4.96. The topological polar surface area (TPSA) is 35.6 Å². The summed E-state index contributed by atoms with van der Waals surface area (Å²) < 4.78 is 0. The van der Waals surface area contributed by atoms with Crippen LogP contribution < -0.4 is 10.2 Å². The highest BCUT2D eigenvalue weighted by molar-refractivity contribution is 5.95. The molecule has 2 aromatic carbocycles. The van der Waals surface area contributed by atoms with Crippen molar-refractivity contribution in [2.24, 2.45) is 0 Å². The van der Waals surface area contributed by atoms with Gasteiger partial charge in [-0.2, -0.15) is 0 Å². The van der Waals surface area contributed by atoms with Gasteiger partial charge in [-0.05, 0) is 49.7 Å². The summed E-state index contributed by atoms with van der Waals surface area (Å²) in [6.45, 7) is 8.24. The molecule has 1 aliphatic heterocycles. The van der Waals surface area contributed by atoms with Gasteiger partial charge in [-0.15, -0.1) is 0 Å². The van der Waals surface area contributed by atoms with Gasteiger partial charge in [-0.25, -0.2) is 0 Å². The van der Waals surface area contributed by atoms with Gasteiger partial charge in [-0.3, -0.25) is 4.79 Å². The fourth-order valence-corrected chi connectivity index (χ4v) is 3.20. The van der Waals surface area contributed by atoms with Crippen molar-refractivity contribution in [2.45, 2.75) is 20.3 Å². The number of carbonyl (C=O) groups is 1. The highest BCUT2D eigenvalue weighted by Gasteiger charge is 2.17. The van der Waals surface area contributed by atoms with Crippen molar-refractivity contribution >= 4 is 17.3 Å². The van der Waals surface area contributed by atoms with Crippen LogP contribution in [0.4, 0.5) is 11.4 Å². The molecule has 1 N–H and O–H groups in total. The third kappa shape index (κ3) is 4.40. The highest BCUT2D eigenvalue weighted by Crippen LogP contribution is 2.26. The lowest BCUT2D eigenvalue weighted by molar-refractivity contribution is -0.115. The van der Waals surface area contributed by atoms with Crippen LogP contribution in [-0.2, 0) is 11.2 Å². The molecule has 0 atom stereocenters. The van der Waals surface area contributed by atoms with E-state index in [1.165, 1.54) is 11.1 Å². The Morgan fingerprint density at radius 3 is 2.44 bits per heavy atom. The number of anilines is 2. The normalized spacial score (nSPS) is 15.2. The van der Waals surface area contributed by atoms with Gasteiger partial charge in [0.1, 0.15) is 0 Å². The van der Waals surface area contributed by atoms with Crippen LogP contribution in [-0.4, -0.2) is 44.0 Å². The number of nitrogens with zero attached hydrogens (tertiary/aromatic N) is 2. The predicted octanol–water partition coefficient (Wildman–Crippen LogP) is 3.24. The number of likely N-dealkylation sites (N-methyl/N-ethyl adjacent to an activating group) is 1. The zero-order chi connectivity index (χ0) is 17.8. The Hall–Kier alpha value is -2.33. The van der Waals surface area contributed by atoms with Crippen LogP contribution in [0.3, 0.4) is 0 Å². The molecule has 4 heteroatoms. The molecule has 0 radical (unpaired) electrons. The van der Waals surface area contributed by atoms with Crippen molar-refractivity contribution in [3.8, 4) is 0 Å². The standard InChI is InChI=1S/C21H27N3O/c1-16-8-9-18(14-17(16)2)15-21(25)22-19-6-4-5-7-20(19)24-12-10-23(3)11-13-24/h4-9,14H,10-13,15H2,1-3H3,(H,22,25). The van der Waals surface area contributed by atoms with E-state index in [1.807, 2.05) is 24.3 Å². The Bertz CT molecular complexity index is 749. The number of piperazine rings is 1. The Balaban J connectivity index is 1.70. The van der Waals surface area contributed by atoms with Gasteiger partial charge in [0.2, 0.25) is 5.91 Å². The zero-order valence-corrected chi connectivity index (χ0v) is 15.4. The summed E-state index contributed by atoms with van der Waals surface area (Å²) in [5, 5.41) is 3.11. The first-order valence-electron chi connectivity index (χ1n) is 8.91. The molecule has 4 nitrogen and oxygen atoms in total. The minimum Gasteiger partial charge on any atom is -0.367 e. The molecule has 1 aliphatic rings. The number of nitrogens with one attached hydrogen (secondary N) is 1. The number of amides is 1. The highest BCUT2D eigenvalue weighted by atomic mass is 16.1. The van der Waals surface area contributed by atoms with Gasteiger partial charge >= 0.3 is 0 Å². The second-order valence-electron chi connectivity index (χ2n) is 6.95. The van der Waals surface area contributed by atoms with E-state index in [-0.39, 0.29) is 5.91 Å². The maximum Gasteiger partial charge on any atom is 0.228 e. The van der Waals surface area contributed by atoms with Crippen LogP contribution in [0.5, 0.6) is 0 Å². The molecule has 132 valence electrons. The van der Waals surface area contributed by atoms with Crippen LogP contribution in [0.1, 0.15) is 16.7 Å². The second-order valence-corrected chi connectivity index (χ2v) is 6.95. The van der Waals surface area contributed by atoms with Gasteiger partial charge in [0.05, 0.1) is 17.8 Å². The first-order chi connectivity index (χ1) is 12.0. The second kappa shape index (κ2) is 7.70. The first kappa shape index (κ1) is 17.5. The average Bonchev–Trinajstić information content (AvgIpc) is 2.59. The van der Waals surface area contributed by atoms with Crippen LogP contribution in [0.2, 0.25) is 0 Å². The number of aryl methyl sites for hydroxylation is 2. The largest absolute Gasteiger partial charge is 0.367 e. The molecule has 0 bridgehead atoms. The molecule has 1 saturated heterocycles. The van der Waals surface area contributed by atoms with Crippen molar-refractivity contribution < 1.29 is 4.79 Å². The molecule has 2 aromatic rings. The lowest BCUT2D eigenvalue weighted by Gasteiger charge is -2.35. The fraction of sp³-hybridized carbons (Fsp3) is 0.381. The fourth-order valence-electron chi connectivity index (χ4n) is 3.20. The number of hydrogen-bond donors (Lipinski definition) is 1. The lowest BCUT2D eigenvalue weighted by atomic mass is 10.0. The minimum atomic E-state index is 0.0323. The van der Waals surface area contributed by atoms with Crippen molar-refractivity contribution in [1.29, 1.82) is 0 Å². The Kier molecular flexibility index (Phi) is 5.39. The number of benzene rings is 2. The van der Waals surface area contributed by atoms with Gasteiger partial charge < -0.3 is 15.1 Å². The van der Waals surface area contributed by atoms with Crippen molar-refractivity contribution in [1.82, 2.24) is 4.90 Å². The van der Waals surface area contributed by atoms with E-state index < -0.39 is 0 Å². The van der Waals surface area contributed by atoms with Gasteiger partial charge in [0.15, 0.2) is 0 Å². The van der Waals surface area contributed by atoms with E-state index in [9.17, 15) is 4.79 Å². The maximum atomic E-state index is 12.5. The molecule has 0 saturated carbocycles. The van der Waals surface area contributed by atoms with E-state index in [2.05, 4.69) is 54.2 Å². The molecule has 3 rings (SSSR count). The number of carbonyl (C=O) groups excluding carboxylic acids is 1. The number of hydrogen-bond acceptors (Lipinski definition) is 3. The van der Waals surface area contributed by atoms with Crippen LogP contribution in [0, 0.1) is 13.8 Å². The lowest BCUT2D eigenvalue weighted by Crippen LogP contribution is -2.44. The Morgan fingerprint density at radius 1 is 1.00 bits per heavy atom. The van der Waals surface area contributed by atoms with Crippen molar-refractivity contribution in [3.63, 3.8) is 0 Å². The van der Waals surface area contributed by atoms with Crippen LogP contribution >= 0.6 is 0 Å². The Morgan fingerprint density at radius 2 is 1.72 bits per heavy atom. The molecule has 0 aliphatic carbocycles. The smallest absolute Gasteiger partial charge is 0.228 e. The summed E-state index contributed by atoms with van der Waals surface area (Å²) in [6.07, 6.45) is 0.401. The summed E-state index contributed by atoms with van der Waals surface area (Å²) >= 11 is 0. The zero-order valence-electron chi connectivity index (χ0n) is 15.4. The molecule has 1 heterocycles. The maximum absolute atomic E-state index is 12.5. The number of rotatable bonds is 4. The Labute approximate surface area is 150 Å². The summed E-state index contributed by atoms with van der Waals surface area (Å²) in [6, 6.07) is 14.3. The summed E-state index contributed by atoms with van der Waals surface area (Å²) in [7, 11) is 2.15. The van der Waals surface area contributed by atoms with Crippen molar-refractivity contribution in [3.05, 3.63) is 59.2 Å². The molecule has 0 unspecified atom stereocenters. The summed E-state index contributed by atoms with van der Waals surface area (Å²) in [4.78, 5) is 17.2. The molecular formula is C21H27N3O. The molecule has 0 aromatic heterocycles. The average molecular weight is 337 g/mol. The molecule has 0 spiro atoms. The van der Waals surface area contributed by atoms with Crippen molar-refractivity contribution in [2.75, 3.05) is 43.4 Å². The van der Waals surface area contributed by atoms with E-state index in [0.717, 1.165) is 43.1 Å². The van der Waals surface area contributed by atoms with Gasteiger partial charge in [-0.1, -0.05) is 30.3 Å². The SMILES string of the molecule is Cc1ccc(CC(=O)Nc2ccccc2N2CCN(C)CC2)cc1C.